The summed E-state index contributed by atoms with van der Waals surface area (Å²) in [5, 5.41) is 23.6. The van der Waals surface area contributed by atoms with E-state index in [0.29, 0.717) is 16.6 Å². The lowest BCUT2D eigenvalue weighted by molar-refractivity contribution is -0.385. The molecule has 0 radical (unpaired) electrons. The van der Waals surface area contributed by atoms with E-state index in [4.69, 9.17) is 16.3 Å². The van der Waals surface area contributed by atoms with E-state index in [1.165, 1.54) is 30.3 Å². The fourth-order valence-electron chi connectivity index (χ4n) is 2.82. The predicted octanol–water partition coefficient (Wildman–Crippen LogP) is 7.37. The zero-order valence-electron chi connectivity index (χ0n) is 17.3. The molecule has 0 aromatic heterocycles. The van der Waals surface area contributed by atoms with Crippen LogP contribution in [0.15, 0.2) is 70.7 Å². The van der Waals surface area contributed by atoms with Gasteiger partial charge in [-0.2, -0.15) is 18.4 Å². The lowest BCUT2D eigenvalue weighted by atomic mass is 10.1. The van der Waals surface area contributed by atoms with Gasteiger partial charge in [-0.25, -0.2) is 0 Å². The maximum atomic E-state index is 13.0. The Labute approximate surface area is 209 Å². The van der Waals surface area contributed by atoms with Gasteiger partial charge in [-0.1, -0.05) is 39.7 Å². The van der Waals surface area contributed by atoms with Crippen molar-refractivity contribution in [1.82, 2.24) is 0 Å². The smallest absolute Gasteiger partial charge is 0.416 e. The average Bonchev–Trinajstić information content (AvgIpc) is 2.79. The molecule has 0 fully saturated rings. The van der Waals surface area contributed by atoms with E-state index in [1.807, 2.05) is 0 Å². The maximum absolute atomic E-state index is 13.0. The fraction of sp³-hybridized carbons (Fsp3) is 0.0435. The van der Waals surface area contributed by atoms with Crippen LogP contribution >= 0.6 is 27.5 Å². The second-order valence-electron chi connectivity index (χ2n) is 6.83. The number of nitriles is 1. The van der Waals surface area contributed by atoms with E-state index in [1.54, 1.807) is 24.3 Å². The summed E-state index contributed by atoms with van der Waals surface area (Å²) < 4.78 is 45.0. The summed E-state index contributed by atoms with van der Waals surface area (Å²) in [6.07, 6.45) is -3.62. The molecule has 1 N–H and O–H groups in total. The molecule has 0 atom stereocenters. The van der Waals surface area contributed by atoms with Gasteiger partial charge in [0.05, 0.1) is 21.2 Å². The highest BCUT2D eigenvalue weighted by atomic mass is 79.9. The van der Waals surface area contributed by atoms with E-state index in [9.17, 15) is 33.3 Å². The highest BCUT2D eigenvalue weighted by molar-refractivity contribution is 9.10. The molecular weight excluding hydrogens is 555 g/mol. The number of carbonyl (C=O) groups is 1. The monoisotopic (exact) mass is 565 g/mol. The van der Waals surface area contributed by atoms with Crippen LogP contribution in [0.5, 0.6) is 11.5 Å². The normalized spacial score (nSPS) is 11.5. The number of nitrogens with one attached hydrogen (secondary N) is 1. The molecule has 0 aliphatic rings. The first-order valence-corrected chi connectivity index (χ1v) is 10.7. The molecule has 0 saturated heterocycles. The van der Waals surface area contributed by atoms with E-state index < -0.39 is 34.0 Å². The largest absolute Gasteiger partial charge is 0.449 e. The Morgan fingerprint density at radius 3 is 2.46 bits per heavy atom. The first-order valence-electron chi connectivity index (χ1n) is 9.50. The molecule has 178 valence electrons. The second-order valence-corrected chi connectivity index (χ2v) is 8.15. The molecule has 0 bridgehead atoms. The van der Waals surface area contributed by atoms with Gasteiger partial charge in [-0.05, 0) is 48.5 Å². The Morgan fingerprint density at radius 2 is 1.83 bits per heavy atom. The first-order chi connectivity index (χ1) is 16.5. The molecule has 0 heterocycles. The van der Waals surface area contributed by atoms with Crippen LogP contribution < -0.4 is 10.1 Å². The van der Waals surface area contributed by atoms with E-state index >= 15 is 0 Å². The molecule has 7 nitrogen and oxygen atoms in total. The van der Waals surface area contributed by atoms with Crippen molar-refractivity contribution in [3.8, 4) is 17.6 Å². The standard InChI is InChI=1S/C23H12BrClF3N3O4/c24-16-6-8-20(35-21-7-5-15(23(26,27)28)11-19(21)31(33)34)13(10-16)9-14(12-29)22(32)30-18-4-2-1-3-17(18)25/h1-11H,(H,30,32)/b14-9+. The van der Waals surface area contributed by atoms with Crippen molar-refractivity contribution in [2.75, 3.05) is 5.32 Å². The number of carbonyl (C=O) groups excluding carboxylic acids is 1. The van der Waals surface area contributed by atoms with Gasteiger partial charge < -0.3 is 10.1 Å². The predicted molar refractivity (Wildman–Crippen MR) is 126 cm³/mol. The molecule has 0 aliphatic carbocycles. The van der Waals surface area contributed by atoms with Crippen molar-refractivity contribution >= 4 is 50.9 Å². The summed E-state index contributed by atoms with van der Waals surface area (Å²) in [5.41, 5.74) is -2.05. The Balaban J connectivity index is 2.00. The lowest BCUT2D eigenvalue weighted by Crippen LogP contribution is -2.13. The molecule has 0 aliphatic heterocycles. The van der Waals surface area contributed by atoms with Crippen molar-refractivity contribution in [2.45, 2.75) is 6.18 Å². The van der Waals surface area contributed by atoms with Crippen LogP contribution in [0.1, 0.15) is 11.1 Å². The molecule has 1 amide bonds. The van der Waals surface area contributed by atoms with Gasteiger partial charge in [0.15, 0.2) is 0 Å². The number of nitro benzene ring substituents is 1. The zero-order valence-corrected chi connectivity index (χ0v) is 19.6. The number of nitrogens with zero attached hydrogens (tertiary/aromatic N) is 2. The third kappa shape index (κ3) is 6.38. The summed E-state index contributed by atoms with van der Waals surface area (Å²) in [4.78, 5) is 23.0. The van der Waals surface area contributed by atoms with Crippen molar-refractivity contribution in [2.24, 2.45) is 0 Å². The number of nitro groups is 1. The van der Waals surface area contributed by atoms with Crippen molar-refractivity contribution < 1.29 is 27.6 Å². The number of hydrogen-bond donors (Lipinski definition) is 1. The Bertz CT molecular complexity index is 1390. The quantitative estimate of drug-likeness (QED) is 0.145. The van der Waals surface area contributed by atoms with Crippen molar-refractivity contribution in [1.29, 1.82) is 5.26 Å². The van der Waals surface area contributed by atoms with Crippen LogP contribution in [0.4, 0.5) is 24.5 Å². The number of para-hydroxylation sites is 1. The first kappa shape index (κ1) is 25.7. The highest BCUT2D eigenvalue weighted by Gasteiger charge is 2.33. The van der Waals surface area contributed by atoms with Crippen LogP contribution in [-0.4, -0.2) is 10.8 Å². The number of alkyl halides is 3. The molecule has 0 saturated carbocycles. The molecule has 3 aromatic rings. The van der Waals surface area contributed by atoms with E-state index in [0.717, 1.165) is 6.07 Å². The SMILES string of the molecule is N#C/C(=C\c1cc(Br)ccc1Oc1ccc(C(F)(F)F)cc1[N+](=O)[O-])C(=O)Nc1ccccc1Cl. The van der Waals surface area contributed by atoms with E-state index in [-0.39, 0.29) is 27.6 Å². The molecule has 3 aromatic carbocycles. The third-order valence-corrected chi connectivity index (χ3v) is 5.28. The fourth-order valence-corrected chi connectivity index (χ4v) is 3.38. The molecule has 0 spiro atoms. The number of benzene rings is 3. The van der Waals surface area contributed by atoms with E-state index in [2.05, 4.69) is 21.2 Å². The number of amides is 1. The summed E-state index contributed by atoms with van der Waals surface area (Å²) in [5.74, 6) is -1.29. The Morgan fingerprint density at radius 1 is 1.14 bits per heavy atom. The van der Waals surface area contributed by atoms with Gasteiger partial charge in [0.1, 0.15) is 17.4 Å². The number of anilines is 1. The topological polar surface area (TPSA) is 105 Å². The van der Waals surface area contributed by atoms with Gasteiger partial charge in [-0.3, -0.25) is 14.9 Å². The minimum absolute atomic E-state index is 0.0469. The van der Waals surface area contributed by atoms with Gasteiger partial charge in [0.2, 0.25) is 5.75 Å². The second kappa shape index (κ2) is 10.6. The average molecular weight is 567 g/mol. The van der Waals surface area contributed by atoms with Crippen LogP contribution in [0.2, 0.25) is 5.02 Å². The molecule has 0 unspecified atom stereocenters. The number of rotatable bonds is 6. The number of ether oxygens (including phenoxy) is 1. The highest BCUT2D eigenvalue weighted by Crippen LogP contribution is 2.39. The number of hydrogen-bond acceptors (Lipinski definition) is 5. The summed E-state index contributed by atoms with van der Waals surface area (Å²) in [7, 11) is 0. The van der Waals surface area contributed by atoms with Gasteiger partial charge in [-0.15, -0.1) is 0 Å². The molecule has 35 heavy (non-hydrogen) atoms. The Hall–Kier alpha value is -3.88. The van der Waals surface area contributed by atoms with Gasteiger partial charge in [0, 0.05) is 16.1 Å². The summed E-state index contributed by atoms with van der Waals surface area (Å²) >= 11 is 9.27. The molecular formula is C23H12BrClF3N3O4. The lowest BCUT2D eigenvalue weighted by Gasteiger charge is -2.12. The van der Waals surface area contributed by atoms with Gasteiger partial charge in [0.25, 0.3) is 5.91 Å². The van der Waals surface area contributed by atoms with Crippen LogP contribution in [0.3, 0.4) is 0 Å². The zero-order chi connectivity index (χ0) is 25.8. The number of halogens is 5. The summed E-state index contributed by atoms with van der Waals surface area (Å²) in [6.45, 7) is 0. The molecule has 3 rings (SSSR count). The van der Waals surface area contributed by atoms with Gasteiger partial charge >= 0.3 is 11.9 Å². The summed E-state index contributed by atoms with van der Waals surface area (Å²) in [6, 6.07) is 14.3. The van der Waals surface area contributed by atoms with Crippen molar-refractivity contribution in [3.05, 3.63) is 97.0 Å². The van der Waals surface area contributed by atoms with Crippen LogP contribution in [-0.2, 0) is 11.0 Å². The van der Waals surface area contributed by atoms with Crippen LogP contribution in [0.25, 0.3) is 6.08 Å². The van der Waals surface area contributed by atoms with Crippen LogP contribution in [0, 0.1) is 21.4 Å². The molecule has 12 heteroatoms. The third-order valence-electron chi connectivity index (χ3n) is 4.46. The maximum Gasteiger partial charge on any atom is 0.416 e. The van der Waals surface area contributed by atoms with Crippen molar-refractivity contribution in [3.63, 3.8) is 0 Å². The Kier molecular flexibility index (Phi) is 7.78. The minimum atomic E-state index is -4.79. The minimum Gasteiger partial charge on any atom is -0.449 e.